The van der Waals surface area contributed by atoms with Gasteiger partial charge >= 0.3 is 0 Å². The second-order valence-electron chi connectivity index (χ2n) is 17.2. The van der Waals surface area contributed by atoms with Crippen molar-refractivity contribution in [3.8, 4) is 55.6 Å². The van der Waals surface area contributed by atoms with Crippen LogP contribution in [0.25, 0.3) is 110 Å². The second-order valence-corrected chi connectivity index (χ2v) is 17.2. The molecular formula is C64H41NO2. The third kappa shape index (κ3) is 6.67. The fraction of sp³-hybridized carbons (Fsp3) is 0. The van der Waals surface area contributed by atoms with Crippen LogP contribution in [-0.4, -0.2) is 0 Å². The highest BCUT2D eigenvalue weighted by Gasteiger charge is 2.21. The van der Waals surface area contributed by atoms with Crippen molar-refractivity contribution in [3.63, 3.8) is 0 Å². The lowest BCUT2D eigenvalue weighted by molar-refractivity contribution is 0.670. The molecule has 0 aliphatic heterocycles. The van der Waals surface area contributed by atoms with Crippen molar-refractivity contribution >= 4 is 71.7 Å². The zero-order valence-electron chi connectivity index (χ0n) is 36.4. The maximum Gasteiger partial charge on any atom is 0.143 e. The van der Waals surface area contributed by atoms with Crippen LogP contribution in [0.5, 0.6) is 0 Å². The van der Waals surface area contributed by atoms with Crippen LogP contribution in [0.3, 0.4) is 0 Å². The SMILES string of the molecule is c1ccc(-c2ccc(N(c3ccc(-c4ccccc4)cc3)c3ccc(-c4cc(-c5cccc6c5oc5ccccc56)cc(-c5cccc6c5oc5ccccc56)c4)c4ccccc34)cc2)cc1. The number of furan rings is 2. The van der Waals surface area contributed by atoms with E-state index in [1.165, 1.54) is 22.3 Å². The van der Waals surface area contributed by atoms with Crippen molar-refractivity contribution in [3.05, 3.63) is 249 Å². The van der Waals surface area contributed by atoms with E-state index in [2.05, 4.69) is 241 Å². The van der Waals surface area contributed by atoms with E-state index in [1.54, 1.807) is 0 Å². The van der Waals surface area contributed by atoms with Crippen LogP contribution in [0.2, 0.25) is 0 Å². The van der Waals surface area contributed by atoms with Gasteiger partial charge in [0.2, 0.25) is 0 Å². The number of nitrogens with zero attached hydrogens (tertiary/aromatic N) is 1. The number of hydrogen-bond acceptors (Lipinski definition) is 3. The first-order valence-electron chi connectivity index (χ1n) is 22.8. The number of anilines is 3. The summed E-state index contributed by atoms with van der Waals surface area (Å²) < 4.78 is 13.4. The topological polar surface area (TPSA) is 29.5 Å². The van der Waals surface area contributed by atoms with Gasteiger partial charge in [-0.15, -0.1) is 0 Å². The third-order valence-corrected chi connectivity index (χ3v) is 13.3. The fourth-order valence-corrected chi connectivity index (χ4v) is 10.1. The van der Waals surface area contributed by atoms with E-state index in [-0.39, 0.29) is 0 Å². The molecule has 0 saturated heterocycles. The third-order valence-electron chi connectivity index (χ3n) is 13.3. The van der Waals surface area contributed by atoms with Gasteiger partial charge in [-0.3, -0.25) is 0 Å². The fourth-order valence-electron chi connectivity index (χ4n) is 10.1. The van der Waals surface area contributed by atoms with Crippen LogP contribution in [-0.2, 0) is 0 Å². The van der Waals surface area contributed by atoms with Gasteiger partial charge in [0.05, 0.1) is 5.69 Å². The summed E-state index contributed by atoms with van der Waals surface area (Å²) in [4.78, 5) is 2.39. The number of fused-ring (bicyclic) bond motifs is 7. The molecule has 0 atom stereocenters. The second kappa shape index (κ2) is 16.0. The zero-order chi connectivity index (χ0) is 44.3. The molecule has 0 spiro atoms. The van der Waals surface area contributed by atoms with Crippen LogP contribution in [0.15, 0.2) is 258 Å². The molecule has 0 aliphatic carbocycles. The van der Waals surface area contributed by atoms with Gasteiger partial charge in [0.25, 0.3) is 0 Å². The Morgan fingerprint density at radius 3 is 1.12 bits per heavy atom. The first-order valence-corrected chi connectivity index (χ1v) is 22.8. The van der Waals surface area contributed by atoms with E-state index in [9.17, 15) is 0 Å². The van der Waals surface area contributed by atoms with Gasteiger partial charge in [-0.25, -0.2) is 0 Å². The lowest BCUT2D eigenvalue weighted by Gasteiger charge is -2.28. The molecule has 2 aromatic heterocycles. The molecule has 0 fully saturated rings. The molecule has 13 aromatic rings. The van der Waals surface area contributed by atoms with Gasteiger partial charge in [-0.2, -0.15) is 0 Å². The summed E-state index contributed by atoms with van der Waals surface area (Å²) in [6.45, 7) is 0. The Bertz CT molecular complexity index is 3740. The minimum Gasteiger partial charge on any atom is -0.455 e. The van der Waals surface area contributed by atoms with E-state index >= 15 is 0 Å². The number of rotatable bonds is 8. The van der Waals surface area contributed by atoms with E-state index in [0.717, 1.165) is 105 Å². The molecule has 314 valence electrons. The lowest BCUT2D eigenvalue weighted by atomic mass is 9.90. The molecule has 67 heavy (non-hydrogen) atoms. The van der Waals surface area contributed by atoms with Crippen molar-refractivity contribution in [2.24, 2.45) is 0 Å². The quantitative estimate of drug-likeness (QED) is 0.152. The molecule has 3 nitrogen and oxygen atoms in total. The Morgan fingerprint density at radius 2 is 0.627 bits per heavy atom. The molecule has 11 aromatic carbocycles. The van der Waals surface area contributed by atoms with Crippen molar-refractivity contribution in [1.29, 1.82) is 0 Å². The predicted octanol–water partition coefficient (Wildman–Crippen LogP) is 18.4. The summed E-state index contributed by atoms with van der Waals surface area (Å²) in [5, 5.41) is 6.71. The molecule has 3 heteroatoms. The minimum absolute atomic E-state index is 0.876. The number of para-hydroxylation sites is 4. The normalized spacial score (nSPS) is 11.6. The van der Waals surface area contributed by atoms with Gasteiger partial charge in [0.15, 0.2) is 0 Å². The number of hydrogen-bond donors (Lipinski definition) is 0. The van der Waals surface area contributed by atoms with Gasteiger partial charge in [-0.1, -0.05) is 188 Å². The van der Waals surface area contributed by atoms with Crippen molar-refractivity contribution in [2.75, 3.05) is 4.90 Å². The molecule has 0 bridgehead atoms. The molecular weight excluding hydrogens is 815 g/mol. The Morgan fingerprint density at radius 1 is 0.239 bits per heavy atom. The van der Waals surface area contributed by atoms with Crippen LogP contribution >= 0.6 is 0 Å². The first kappa shape index (κ1) is 38.5. The van der Waals surface area contributed by atoms with Crippen molar-refractivity contribution in [1.82, 2.24) is 0 Å². The summed E-state index contributed by atoms with van der Waals surface area (Å²) in [6.07, 6.45) is 0. The highest BCUT2D eigenvalue weighted by molar-refractivity contribution is 6.13. The molecule has 13 rings (SSSR count). The zero-order valence-corrected chi connectivity index (χ0v) is 36.4. The summed E-state index contributed by atoms with van der Waals surface area (Å²) in [5.41, 5.74) is 17.9. The lowest BCUT2D eigenvalue weighted by Crippen LogP contribution is -2.10. The van der Waals surface area contributed by atoms with E-state index < -0.39 is 0 Å². The van der Waals surface area contributed by atoms with Crippen LogP contribution in [0, 0.1) is 0 Å². The number of benzene rings is 11. The van der Waals surface area contributed by atoms with Gasteiger partial charge in [-0.05, 0) is 111 Å². The van der Waals surface area contributed by atoms with Crippen LogP contribution < -0.4 is 4.90 Å². The molecule has 0 unspecified atom stereocenters. The highest BCUT2D eigenvalue weighted by Crippen LogP contribution is 2.46. The molecule has 0 amide bonds. The minimum atomic E-state index is 0.876. The Labute approximate surface area is 388 Å². The summed E-state index contributed by atoms with van der Waals surface area (Å²) in [5.74, 6) is 0. The van der Waals surface area contributed by atoms with Gasteiger partial charge < -0.3 is 13.7 Å². The molecule has 0 saturated carbocycles. The Balaban J connectivity index is 1.01. The van der Waals surface area contributed by atoms with E-state index in [1.807, 2.05) is 12.1 Å². The maximum absolute atomic E-state index is 6.68. The monoisotopic (exact) mass is 855 g/mol. The molecule has 0 N–H and O–H groups in total. The predicted molar refractivity (Wildman–Crippen MR) is 280 cm³/mol. The average molecular weight is 856 g/mol. The molecule has 0 radical (unpaired) electrons. The summed E-state index contributed by atoms with van der Waals surface area (Å²) >= 11 is 0. The van der Waals surface area contributed by atoms with Gasteiger partial charge in [0.1, 0.15) is 22.3 Å². The van der Waals surface area contributed by atoms with Crippen LogP contribution in [0.1, 0.15) is 0 Å². The van der Waals surface area contributed by atoms with Crippen molar-refractivity contribution < 1.29 is 8.83 Å². The largest absolute Gasteiger partial charge is 0.455 e. The summed E-state index contributed by atoms with van der Waals surface area (Å²) in [7, 11) is 0. The Kier molecular flexibility index (Phi) is 9.17. The molecule has 0 aliphatic rings. The average Bonchev–Trinajstić information content (AvgIpc) is 3.99. The van der Waals surface area contributed by atoms with Crippen molar-refractivity contribution in [2.45, 2.75) is 0 Å². The van der Waals surface area contributed by atoms with Gasteiger partial charge in [0, 0.05) is 49.4 Å². The standard InChI is InChI=1S/C64H41NO2/c1-3-15-42(16-4-1)44-29-33-49(34-30-44)65(50-35-31-45(32-36-50)43-17-5-2-6-18-43)60-38-37-51(54-19-7-8-20-55(54)60)46-39-47(52-23-13-25-58-56-21-9-11-27-61(56)66-63(52)58)41-48(40-46)53-24-14-26-59-57-22-10-12-28-62(57)67-64(53)59/h1-41H. The molecule has 2 heterocycles. The van der Waals surface area contributed by atoms with E-state index in [0.29, 0.717) is 0 Å². The first-order chi connectivity index (χ1) is 33.2. The smallest absolute Gasteiger partial charge is 0.143 e. The van der Waals surface area contributed by atoms with E-state index in [4.69, 9.17) is 8.83 Å². The maximum atomic E-state index is 6.68. The highest BCUT2D eigenvalue weighted by atomic mass is 16.3. The van der Waals surface area contributed by atoms with Crippen LogP contribution in [0.4, 0.5) is 17.1 Å². The summed E-state index contributed by atoms with van der Waals surface area (Å²) in [6, 6.07) is 88.9. The Hall–Kier alpha value is -8.92.